The third-order valence-corrected chi connectivity index (χ3v) is 3.98. The highest BCUT2D eigenvalue weighted by atomic mass is 32.2. The van der Waals surface area contributed by atoms with Crippen LogP contribution < -0.4 is 5.32 Å². The molecule has 2 heterocycles. The van der Waals surface area contributed by atoms with Crippen molar-refractivity contribution in [3.05, 3.63) is 29.6 Å². The molecule has 0 aliphatic carbocycles. The van der Waals surface area contributed by atoms with Gasteiger partial charge in [-0.1, -0.05) is 24.8 Å². The van der Waals surface area contributed by atoms with Crippen molar-refractivity contribution in [1.82, 2.24) is 10.3 Å². The molecular weight excluding hydrogens is 230 g/mol. The lowest BCUT2D eigenvalue weighted by molar-refractivity contribution is 0.570. The number of nitrogens with zero attached hydrogens (tertiary/aromatic N) is 2. The molecule has 1 atom stereocenters. The van der Waals surface area contributed by atoms with Gasteiger partial charge in [-0.25, -0.2) is 0 Å². The van der Waals surface area contributed by atoms with Crippen LogP contribution in [0, 0.1) is 6.92 Å². The maximum absolute atomic E-state index is 4.62. The average Bonchev–Trinajstić information content (AvgIpc) is 2.38. The fourth-order valence-electron chi connectivity index (χ4n) is 1.81. The van der Waals surface area contributed by atoms with Crippen molar-refractivity contribution in [2.75, 3.05) is 5.75 Å². The molecule has 0 amide bonds. The van der Waals surface area contributed by atoms with Crippen molar-refractivity contribution in [3.8, 4) is 0 Å². The second kappa shape index (κ2) is 6.05. The summed E-state index contributed by atoms with van der Waals surface area (Å²) in [5.74, 6) is 1.17. The summed E-state index contributed by atoms with van der Waals surface area (Å²) in [6, 6.07) is 4.64. The summed E-state index contributed by atoms with van der Waals surface area (Å²) in [5, 5.41) is 4.56. The van der Waals surface area contributed by atoms with Gasteiger partial charge in [-0.3, -0.25) is 9.98 Å². The van der Waals surface area contributed by atoms with Crippen LogP contribution in [0.15, 0.2) is 23.3 Å². The van der Waals surface area contributed by atoms with Crippen LogP contribution in [0.25, 0.3) is 0 Å². The zero-order valence-electron chi connectivity index (χ0n) is 10.4. The van der Waals surface area contributed by atoms with Crippen LogP contribution in [0.3, 0.4) is 0 Å². The van der Waals surface area contributed by atoms with Gasteiger partial charge in [0, 0.05) is 18.0 Å². The first-order valence-electron chi connectivity index (χ1n) is 6.14. The Labute approximate surface area is 107 Å². The normalized spacial score (nSPS) is 22.5. The predicted molar refractivity (Wildman–Crippen MR) is 74.4 cm³/mol. The van der Waals surface area contributed by atoms with Gasteiger partial charge in [0.15, 0.2) is 5.17 Å². The Balaban J connectivity index is 1.98. The van der Waals surface area contributed by atoms with Crippen molar-refractivity contribution in [1.29, 1.82) is 0 Å². The average molecular weight is 249 g/mol. The Morgan fingerprint density at radius 2 is 2.47 bits per heavy atom. The minimum absolute atomic E-state index is 0.597. The number of pyridine rings is 1. The number of hydrogen-bond acceptors (Lipinski definition) is 3. The van der Waals surface area contributed by atoms with Crippen LogP contribution >= 0.6 is 11.8 Å². The molecule has 92 valence electrons. The molecule has 1 aliphatic heterocycles. The van der Waals surface area contributed by atoms with E-state index in [1.165, 1.54) is 24.2 Å². The highest BCUT2D eigenvalue weighted by molar-refractivity contribution is 8.13. The SMILES string of the molecule is CCC1CCSC(=NCc2ncccc2C)N1. The smallest absolute Gasteiger partial charge is 0.157 e. The zero-order valence-corrected chi connectivity index (χ0v) is 11.3. The minimum atomic E-state index is 0.597. The second-order valence-corrected chi connectivity index (χ2v) is 5.36. The topological polar surface area (TPSA) is 37.3 Å². The van der Waals surface area contributed by atoms with Crippen molar-refractivity contribution in [2.45, 2.75) is 39.3 Å². The molecule has 1 aromatic rings. The molecule has 1 unspecified atom stereocenters. The molecule has 0 bridgehead atoms. The molecule has 1 N–H and O–H groups in total. The van der Waals surface area contributed by atoms with Crippen LogP contribution in [0.4, 0.5) is 0 Å². The highest BCUT2D eigenvalue weighted by Gasteiger charge is 2.15. The van der Waals surface area contributed by atoms with Gasteiger partial charge in [-0.15, -0.1) is 0 Å². The van der Waals surface area contributed by atoms with E-state index in [0.29, 0.717) is 12.6 Å². The van der Waals surface area contributed by atoms with Crippen molar-refractivity contribution < 1.29 is 0 Å². The lowest BCUT2D eigenvalue weighted by Gasteiger charge is -2.24. The first-order valence-corrected chi connectivity index (χ1v) is 7.12. The maximum atomic E-state index is 4.62. The molecule has 1 saturated heterocycles. The van der Waals surface area contributed by atoms with E-state index >= 15 is 0 Å². The van der Waals surface area contributed by atoms with Crippen LogP contribution in [0.1, 0.15) is 31.0 Å². The van der Waals surface area contributed by atoms with E-state index in [4.69, 9.17) is 0 Å². The van der Waals surface area contributed by atoms with E-state index in [0.717, 1.165) is 10.9 Å². The number of hydrogen-bond donors (Lipinski definition) is 1. The van der Waals surface area contributed by atoms with Crippen LogP contribution in [0.5, 0.6) is 0 Å². The fourth-order valence-corrected chi connectivity index (χ4v) is 2.82. The molecule has 1 aromatic heterocycles. The first kappa shape index (κ1) is 12.4. The third-order valence-electron chi connectivity index (χ3n) is 3.02. The highest BCUT2D eigenvalue weighted by Crippen LogP contribution is 2.16. The number of nitrogens with one attached hydrogen (secondary N) is 1. The van der Waals surface area contributed by atoms with E-state index < -0.39 is 0 Å². The number of aliphatic imine (C=N–C) groups is 1. The van der Waals surface area contributed by atoms with E-state index in [2.05, 4.69) is 35.2 Å². The second-order valence-electron chi connectivity index (χ2n) is 4.28. The molecule has 4 heteroatoms. The fraction of sp³-hybridized carbons (Fsp3) is 0.538. The van der Waals surface area contributed by atoms with Gasteiger partial charge < -0.3 is 5.32 Å². The Morgan fingerprint density at radius 1 is 1.59 bits per heavy atom. The zero-order chi connectivity index (χ0) is 12.1. The molecule has 0 saturated carbocycles. The third kappa shape index (κ3) is 3.46. The molecule has 1 aliphatic rings. The van der Waals surface area contributed by atoms with Crippen LogP contribution in [-0.4, -0.2) is 21.9 Å². The molecule has 0 radical (unpaired) electrons. The lowest BCUT2D eigenvalue weighted by atomic mass is 10.2. The molecule has 1 fully saturated rings. The Hall–Kier alpha value is -1.03. The van der Waals surface area contributed by atoms with E-state index in [9.17, 15) is 0 Å². The number of thioether (sulfide) groups is 1. The summed E-state index contributed by atoms with van der Waals surface area (Å²) in [6.07, 6.45) is 4.24. The standard InChI is InChI=1S/C13H19N3S/c1-3-11-6-8-17-13(16-11)15-9-12-10(2)5-4-7-14-12/h4-5,7,11H,3,6,8-9H2,1-2H3,(H,15,16). The van der Waals surface area contributed by atoms with Crippen molar-refractivity contribution in [2.24, 2.45) is 4.99 Å². The molecule has 0 aromatic carbocycles. The van der Waals surface area contributed by atoms with Gasteiger partial charge in [0.2, 0.25) is 0 Å². The Morgan fingerprint density at radius 3 is 3.24 bits per heavy atom. The summed E-state index contributed by atoms with van der Waals surface area (Å²) in [6.45, 7) is 4.98. The van der Waals surface area contributed by atoms with Gasteiger partial charge in [-0.2, -0.15) is 0 Å². The minimum Gasteiger partial charge on any atom is -0.362 e. The summed E-state index contributed by atoms with van der Waals surface area (Å²) in [5.41, 5.74) is 2.28. The molecule has 17 heavy (non-hydrogen) atoms. The van der Waals surface area contributed by atoms with Gasteiger partial charge in [0.05, 0.1) is 12.2 Å². The number of rotatable bonds is 3. The summed E-state index contributed by atoms with van der Waals surface area (Å²) in [4.78, 5) is 8.98. The summed E-state index contributed by atoms with van der Waals surface area (Å²) < 4.78 is 0. The Kier molecular flexibility index (Phi) is 4.42. The summed E-state index contributed by atoms with van der Waals surface area (Å²) >= 11 is 1.82. The van der Waals surface area contributed by atoms with Crippen molar-refractivity contribution >= 4 is 16.9 Å². The van der Waals surface area contributed by atoms with Crippen molar-refractivity contribution in [3.63, 3.8) is 0 Å². The van der Waals surface area contributed by atoms with E-state index in [1.807, 2.05) is 24.0 Å². The van der Waals surface area contributed by atoms with Crippen LogP contribution in [-0.2, 0) is 6.54 Å². The lowest BCUT2D eigenvalue weighted by Crippen LogP contribution is -2.37. The van der Waals surface area contributed by atoms with Gasteiger partial charge >= 0.3 is 0 Å². The quantitative estimate of drug-likeness (QED) is 0.895. The van der Waals surface area contributed by atoms with Gasteiger partial charge in [0.25, 0.3) is 0 Å². The number of amidine groups is 1. The largest absolute Gasteiger partial charge is 0.362 e. The number of aromatic nitrogens is 1. The number of aryl methyl sites for hydroxylation is 1. The molecule has 0 spiro atoms. The molecular formula is C13H19N3S. The maximum Gasteiger partial charge on any atom is 0.157 e. The van der Waals surface area contributed by atoms with E-state index in [1.54, 1.807) is 0 Å². The monoisotopic (exact) mass is 249 g/mol. The molecule has 2 rings (SSSR count). The Bertz CT molecular complexity index is 403. The predicted octanol–water partition coefficient (Wildman–Crippen LogP) is 2.75. The summed E-state index contributed by atoms with van der Waals surface area (Å²) in [7, 11) is 0. The molecule has 3 nitrogen and oxygen atoms in total. The van der Waals surface area contributed by atoms with Crippen LogP contribution in [0.2, 0.25) is 0 Å². The van der Waals surface area contributed by atoms with Gasteiger partial charge in [0.1, 0.15) is 0 Å². The van der Waals surface area contributed by atoms with E-state index in [-0.39, 0.29) is 0 Å². The van der Waals surface area contributed by atoms with Gasteiger partial charge in [-0.05, 0) is 31.4 Å². The first-order chi connectivity index (χ1) is 8.29.